The first-order valence-corrected chi connectivity index (χ1v) is 4.66. The molecule has 2 aliphatic heterocycles. The number of hydroxylamine groups is 2. The SMILES string of the molecule is CN1C(=O)N(O)C(=O)C2CCCNC21. The van der Waals surface area contributed by atoms with Crippen LogP contribution < -0.4 is 5.32 Å². The first-order chi connectivity index (χ1) is 6.63. The molecule has 2 aliphatic rings. The predicted octanol–water partition coefficient (Wildman–Crippen LogP) is -0.405. The van der Waals surface area contributed by atoms with Gasteiger partial charge < -0.3 is 4.90 Å². The number of nitrogens with zero attached hydrogens (tertiary/aromatic N) is 2. The van der Waals surface area contributed by atoms with Crippen LogP contribution in [-0.2, 0) is 4.79 Å². The number of carbonyl (C=O) groups is 2. The van der Waals surface area contributed by atoms with Crippen LogP contribution in [0.2, 0.25) is 0 Å². The van der Waals surface area contributed by atoms with Crippen LogP contribution in [0, 0.1) is 5.92 Å². The van der Waals surface area contributed by atoms with Gasteiger partial charge in [-0.2, -0.15) is 0 Å². The third kappa shape index (κ3) is 1.18. The summed E-state index contributed by atoms with van der Waals surface area (Å²) in [5.41, 5.74) is 0. The Bertz CT molecular complexity index is 281. The van der Waals surface area contributed by atoms with Gasteiger partial charge in [0.05, 0.1) is 12.1 Å². The number of imide groups is 1. The van der Waals surface area contributed by atoms with Gasteiger partial charge in [0.25, 0.3) is 5.91 Å². The van der Waals surface area contributed by atoms with Gasteiger partial charge in [-0.3, -0.25) is 15.3 Å². The Morgan fingerprint density at radius 3 is 2.93 bits per heavy atom. The van der Waals surface area contributed by atoms with E-state index in [1.165, 1.54) is 4.90 Å². The second-order valence-electron chi connectivity index (χ2n) is 3.69. The summed E-state index contributed by atoms with van der Waals surface area (Å²) in [6.07, 6.45) is 1.35. The molecule has 0 aromatic heterocycles. The van der Waals surface area contributed by atoms with E-state index in [9.17, 15) is 14.8 Å². The maximum atomic E-state index is 11.5. The van der Waals surface area contributed by atoms with Crippen LogP contribution in [0.15, 0.2) is 0 Å². The molecule has 2 rings (SSSR count). The Labute approximate surface area is 81.4 Å². The molecule has 0 aromatic rings. The van der Waals surface area contributed by atoms with Gasteiger partial charge in [-0.05, 0) is 19.4 Å². The summed E-state index contributed by atoms with van der Waals surface area (Å²) in [6, 6.07) is -0.661. The third-order valence-corrected chi connectivity index (χ3v) is 2.85. The second-order valence-corrected chi connectivity index (χ2v) is 3.69. The quantitative estimate of drug-likeness (QED) is 0.520. The minimum Gasteiger partial charge on any atom is -0.309 e. The fourth-order valence-electron chi connectivity index (χ4n) is 2.06. The number of hydrogen-bond acceptors (Lipinski definition) is 4. The molecule has 78 valence electrons. The number of carbonyl (C=O) groups excluding carboxylic acids is 2. The van der Waals surface area contributed by atoms with E-state index in [0.29, 0.717) is 6.42 Å². The van der Waals surface area contributed by atoms with Gasteiger partial charge in [-0.25, -0.2) is 4.79 Å². The van der Waals surface area contributed by atoms with Crippen molar-refractivity contribution in [3.63, 3.8) is 0 Å². The monoisotopic (exact) mass is 199 g/mol. The topological polar surface area (TPSA) is 72.9 Å². The van der Waals surface area contributed by atoms with Crippen molar-refractivity contribution in [3.8, 4) is 0 Å². The average Bonchev–Trinajstić information content (AvgIpc) is 2.23. The molecule has 0 bridgehead atoms. The van der Waals surface area contributed by atoms with Crippen molar-refractivity contribution in [1.29, 1.82) is 0 Å². The number of urea groups is 1. The molecule has 0 saturated carbocycles. The van der Waals surface area contributed by atoms with Crippen LogP contribution in [0.1, 0.15) is 12.8 Å². The minimum absolute atomic E-state index is 0.216. The lowest BCUT2D eigenvalue weighted by Crippen LogP contribution is -2.65. The fraction of sp³-hybridized carbons (Fsp3) is 0.750. The lowest BCUT2D eigenvalue weighted by molar-refractivity contribution is -0.170. The lowest BCUT2D eigenvalue weighted by atomic mass is 9.92. The molecule has 2 N–H and O–H groups in total. The summed E-state index contributed by atoms with van der Waals surface area (Å²) in [4.78, 5) is 24.2. The molecule has 2 heterocycles. The third-order valence-electron chi connectivity index (χ3n) is 2.85. The number of rotatable bonds is 0. The smallest absolute Gasteiger partial charge is 0.309 e. The Kier molecular flexibility index (Phi) is 2.16. The number of nitrogens with one attached hydrogen (secondary N) is 1. The van der Waals surface area contributed by atoms with Gasteiger partial charge >= 0.3 is 6.03 Å². The molecular formula is C8H13N3O3. The van der Waals surface area contributed by atoms with Gasteiger partial charge in [0.2, 0.25) is 0 Å². The van der Waals surface area contributed by atoms with Gasteiger partial charge in [0, 0.05) is 7.05 Å². The highest BCUT2D eigenvalue weighted by atomic mass is 16.5. The zero-order valence-electron chi connectivity index (χ0n) is 7.93. The molecule has 3 amide bonds. The Balaban J connectivity index is 2.25. The summed E-state index contributed by atoms with van der Waals surface area (Å²) in [6.45, 7) is 0.803. The molecule has 2 atom stereocenters. The molecule has 0 radical (unpaired) electrons. The van der Waals surface area contributed by atoms with E-state index in [0.717, 1.165) is 13.0 Å². The average molecular weight is 199 g/mol. The molecule has 2 saturated heterocycles. The molecule has 6 nitrogen and oxygen atoms in total. The number of amides is 3. The van der Waals surface area contributed by atoms with Crippen molar-refractivity contribution >= 4 is 11.9 Å². The summed E-state index contributed by atoms with van der Waals surface area (Å²) in [5.74, 6) is -0.804. The summed E-state index contributed by atoms with van der Waals surface area (Å²) >= 11 is 0. The zero-order valence-corrected chi connectivity index (χ0v) is 7.93. The van der Waals surface area contributed by atoms with E-state index in [1.54, 1.807) is 7.05 Å². The van der Waals surface area contributed by atoms with Crippen LogP contribution >= 0.6 is 0 Å². The zero-order chi connectivity index (χ0) is 10.3. The van der Waals surface area contributed by atoms with E-state index < -0.39 is 11.9 Å². The van der Waals surface area contributed by atoms with E-state index in [4.69, 9.17) is 0 Å². The first-order valence-electron chi connectivity index (χ1n) is 4.66. The first kappa shape index (κ1) is 9.42. The molecule has 6 heteroatoms. The summed E-state index contributed by atoms with van der Waals surface area (Å²) < 4.78 is 0. The van der Waals surface area contributed by atoms with Crippen LogP contribution in [0.3, 0.4) is 0 Å². The normalized spacial score (nSPS) is 33.3. The highest BCUT2D eigenvalue weighted by molar-refractivity contribution is 5.97. The fourth-order valence-corrected chi connectivity index (χ4v) is 2.06. The van der Waals surface area contributed by atoms with E-state index in [1.807, 2.05) is 0 Å². The Morgan fingerprint density at radius 2 is 2.21 bits per heavy atom. The molecule has 0 aliphatic carbocycles. The molecule has 14 heavy (non-hydrogen) atoms. The van der Waals surface area contributed by atoms with Crippen molar-refractivity contribution in [3.05, 3.63) is 0 Å². The standard InChI is InChI=1S/C8H13N3O3/c1-10-6-5(3-2-4-9-6)7(12)11(14)8(10)13/h5-6,9,14H,2-4H2,1H3. The summed E-state index contributed by atoms with van der Waals surface area (Å²) in [5, 5.41) is 12.5. The highest BCUT2D eigenvalue weighted by Crippen LogP contribution is 2.25. The van der Waals surface area contributed by atoms with E-state index >= 15 is 0 Å². The van der Waals surface area contributed by atoms with Gasteiger partial charge in [-0.15, -0.1) is 5.06 Å². The van der Waals surface area contributed by atoms with Gasteiger partial charge in [-0.1, -0.05) is 0 Å². The van der Waals surface area contributed by atoms with Crippen LogP contribution in [0.5, 0.6) is 0 Å². The van der Waals surface area contributed by atoms with Crippen LogP contribution in [-0.4, -0.2) is 46.9 Å². The van der Waals surface area contributed by atoms with Crippen LogP contribution in [0.4, 0.5) is 4.79 Å². The Morgan fingerprint density at radius 1 is 1.50 bits per heavy atom. The van der Waals surface area contributed by atoms with E-state index in [-0.39, 0.29) is 17.1 Å². The molecule has 0 aromatic carbocycles. The maximum absolute atomic E-state index is 11.5. The van der Waals surface area contributed by atoms with E-state index in [2.05, 4.69) is 5.32 Å². The number of hydrogen-bond donors (Lipinski definition) is 2. The Hall–Kier alpha value is -1.14. The van der Waals surface area contributed by atoms with Crippen molar-refractivity contribution in [2.45, 2.75) is 19.0 Å². The predicted molar refractivity (Wildman–Crippen MR) is 46.3 cm³/mol. The highest BCUT2D eigenvalue weighted by Gasteiger charge is 2.45. The molecular weight excluding hydrogens is 186 g/mol. The van der Waals surface area contributed by atoms with Crippen LogP contribution in [0.25, 0.3) is 0 Å². The second kappa shape index (κ2) is 3.21. The summed E-state index contributed by atoms with van der Waals surface area (Å²) in [7, 11) is 1.58. The van der Waals surface area contributed by atoms with Crippen molar-refractivity contribution < 1.29 is 14.8 Å². The maximum Gasteiger partial charge on any atom is 0.352 e. The lowest BCUT2D eigenvalue weighted by Gasteiger charge is -2.43. The minimum atomic E-state index is -0.661. The largest absolute Gasteiger partial charge is 0.352 e. The number of fused-ring (bicyclic) bond motifs is 1. The molecule has 0 spiro atoms. The van der Waals surface area contributed by atoms with Crippen molar-refractivity contribution in [2.24, 2.45) is 5.92 Å². The molecule has 2 unspecified atom stereocenters. The van der Waals surface area contributed by atoms with Gasteiger partial charge in [0.15, 0.2) is 0 Å². The van der Waals surface area contributed by atoms with Crippen molar-refractivity contribution in [2.75, 3.05) is 13.6 Å². The molecule has 2 fully saturated rings. The van der Waals surface area contributed by atoms with Gasteiger partial charge in [0.1, 0.15) is 0 Å². The van der Waals surface area contributed by atoms with Crippen molar-refractivity contribution in [1.82, 2.24) is 15.3 Å². The number of piperidine rings is 1.